The Bertz CT molecular complexity index is 1610. The Hall–Kier alpha value is -3.08. The molecule has 5 heterocycles. The zero-order valence-corrected chi connectivity index (χ0v) is 20.8. The zero-order valence-electron chi connectivity index (χ0n) is 19.2. The molecule has 4 aromatic heterocycles. The molecule has 1 aliphatic heterocycles. The minimum Gasteiger partial charge on any atom is -0.361 e. The number of fused-ring (bicyclic) bond motifs is 3. The van der Waals surface area contributed by atoms with Gasteiger partial charge < -0.3 is 15.2 Å². The maximum Gasteiger partial charge on any atom is 0.202 e. The fourth-order valence-corrected chi connectivity index (χ4v) is 7.18. The Balaban J connectivity index is 1.20. The number of rotatable bonds is 4. The van der Waals surface area contributed by atoms with E-state index >= 15 is 0 Å². The number of halogens is 1. The summed E-state index contributed by atoms with van der Waals surface area (Å²) in [7, 11) is 0. The maximum absolute atomic E-state index is 6.76. The average Bonchev–Trinajstić information content (AvgIpc) is 3.24. The highest BCUT2D eigenvalue weighted by molar-refractivity contribution is 7.19. The van der Waals surface area contributed by atoms with Gasteiger partial charge in [-0.15, -0.1) is 11.3 Å². The number of aromatic amines is 1. The summed E-state index contributed by atoms with van der Waals surface area (Å²) in [5.74, 6) is 2.59. The van der Waals surface area contributed by atoms with Gasteiger partial charge in [0.1, 0.15) is 17.1 Å². The Labute approximate surface area is 209 Å². The van der Waals surface area contributed by atoms with Gasteiger partial charge in [0, 0.05) is 36.7 Å². The number of nitrogens with two attached hydrogens (primary N) is 1. The van der Waals surface area contributed by atoms with Crippen molar-refractivity contribution in [3.05, 3.63) is 45.9 Å². The number of piperidine rings is 1. The Morgan fingerprint density at radius 3 is 2.97 bits per heavy atom. The summed E-state index contributed by atoms with van der Waals surface area (Å²) in [6, 6.07) is 5.97. The molecule has 3 atom stereocenters. The van der Waals surface area contributed by atoms with Crippen LogP contribution in [0.4, 0.5) is 5.82 Å². The average molecular weight is 507 g/mol. The standard InChI is InChI=1S/C24H23ClN8OS/c1-11-7-17(32-34-11)24(10-26)14-5-6-33(9-15(14)24)18-8-27-21-20(30-31-23(21)29-18)13-3-4-16-22(19(13)25)35-12(2)28-16/h3-4,7-8,14-15H,5-6,9-10,26H2,1-2H3,(H,29,30,31)/t14-,15+,24+/m1/s1. The summed E-state index contributed by atoms with van der Waals surface area (Å²) in [5.41, 5.74) is 10.9. The summed E-state index contributed by atoms with van der Waals surface area (Å²) >= 11 is 8.34. The first-order chi connectivity index (χ1) is 17.0. The molecule has 0 radical (unpaired) electrons. The van der Waals surface area contributed by atoms with E-state index in [0.29, 0.717) is 34.6 Å². The van der Waals surface area contributed by atoms with E-state index in [1.54, 1.807) is 11.3 Å². The molecule has 1 saturated carbocycles. The van der Waals surface area contributed by atoms with Crippen LogP contribution in [0.15, 0.2) is 28.9 Å². The third-order valence-electron chi connectivity index (χ3n) is 7.72. The first-order valence-corrected chi connectivity index (χ1v) is 12.8. The lowest BCUT2D eigenvalue weighted by atomic mass is 9.97. The lowest BCUT2D eigenvalue weighted by Gasteiger charge is -2.26. The largest absolute Gasteiger partial charge is 0.361 e. The number of hydrogen-bond acceptors (Lipinski definition) is 9. The van der Waals surface area contributed by atoms with Gasteiger partial charge in [0.05, 0.1) is 37.8 Å². The zero-order chi connectivity index (χ0) is 23.9. The minimum absolute atomic E-state index is 0.103. The van der Waals surface area contributed by atoms with Gasteiger partial charge in [0.2, 0.25) is 5.65 Å². The van der Waals surface area contributed by atoms with Crippen molar-refractivity contribution in [3.63, 3.8) is 0 Å². The number of thiazole rings is 1. The number of hydrogen-bond donors (Lipinski definition) is 2. The molecule has 9 nitrogen and oxygen atoms in total. The molecule has 1 aromatic carbocycles. The predicted octanol–water partition coefficient (Wildman–Crippen LogP) is 4.24. The van der Waals surface area contributed by atoms with Gasteiger partial charge in [-0.1, -0.05) is 16.8 Å². The molecule has 0 unspecified atom stereocenters. The summed E-state index contributed by atoms with van der Waals surface area (Å²) in [5, 5.41) is 13.5. The van der Waals surface area contributed by atoms with Crippen LogP contribution in [0.25, 0.3) is 32.6 Å². The maximum atomic E-state index is 6.76. The van der Waals surface area contributed by atoms with Crippen molar-refractivity contribution in [3.8, 4) is 11.3 Å². The van der Waals surface area contributed by atoms with Crippen molar-refractivity contribution < 1.29 is 4.52 Å². The highest BCUT2D eigenvalue weighted by Gasteiger charge is 2.67. The molecule has 0 amide bonds. The monoisotopic (exact) mass is 506 g/mol. The van der Waals surface area contributed by atoms with Gasteiger partial charge in [0.25, 0.3) is 0 Å². The van der Waals surface area contributed by atoms with Crippen LogP contribution in [0.3, 0.4) is 0 Å². The van der Waals surface area contributed by atoms with Crippen LogP contribution in [0, 0.1) is 25.7 Å². The van der Waals surface area contributed by atoms with E-state index < -0.39 is 0 Å². The SMILES string of the molecule is Cc1cc([C@@]2(CN)[C@@H]3CCN(c4cnc5c(-c6ccc7nc(C)sc7c6Cl)[nH]nc5n4)C[C@@H]32)no1. The van der Waals surface area contributed by atoms with Crippen LogP contribution >= 0.6 is 22.9 Å². The fraction of sp³-hybridized carbons (Fsp3) is 0.375. The number of nitrogens with one attached hydrogen (secondary N) is 1. The van der Waals surface area contributed by atoms with Crippen molar-refractivity contribution in [2.45, 2.75) is 25.7 Å². The van der Waals surface area contributed by atoms with Gasteiger partial charge in [-0.2, -0.15) is 5.10 Å². The summed E-state index contributed by atoms with van der Waals surface area (Å²) in [4.78, 5) is 16.4. The second-order valence-corrected chi connectivity index (χ2v) is 11.1. The predicted molar refractivity (Wildman–Crippen MR) is 136 cm³/mol. The lowest BCUT2D eigenvalue weighted by molar-refractivity contribution is 0.379. The van der Waals surface area contributed by atoms with Crippen molar-refractivity contribution >= 4 is 50.1 Å². The number of H-pyrrole nitrogens is 1. The van der Waals surface area contributed by atoms with Gasteiger partial charge in [0.15, 0.2) is 0 Å². The molecule has 3 N–H and O–H groups in total. The second-order valence-electron chi connectivity index (χ2n) is 9.52. The normalized spacial score (nSPS) is 23.8. The highest BCUT2D eigenvalue weighted by atomic mass is 35.5. The minimum atomic E-state index is -0.103. The van der Waals surface area contributed by atoms with Crippen LogP contribution in [0.5, 0.6) is 0 Å². The lowest BCUT2D eigenvalue weighted by Crippen LogP contribution is -2.32. The van der Waals surface area contributed by atoms with E-state index in [0.717, 1.165) is 63.3 Å². The van der Waals surface area contributed by atoms with E-state index in [4.69, 9.17) is 31.8 Å². The molecule has 5 aromatic rings. The fourth-order valence-electron chi connectivity index (χ4n) is 5.95. The number of anilines is 1. The van der Waals surface area contributed by atoms with Crippen LogP contribution in [0.1, 0.15) is 22.9 Å². The van der Waals surface area contributed by atoms with Crippen molar-refractivity contribution in [1.82, 2.24) is 30.3 Å². The number of aromatic nitrogens is 6. The van der Waals surface area contributed by atoms with E-state index in [1.807, 2.05) is 38.2 Å². The third-order valence-corrected chi connectivity index (χ3v) is 9.23. The Morgan fingerprint density at radius 1 is 1.29 bits per heavy atom. The quantitative estimate of drug-likeness (QED) is 0.371. The smallest absolute Gasteiger partial charge is 0.202 e. The molecule has 0 spiro atoms. The molecule has 1 saturated heterocycles. The van der Waals surface area contributed by atoms with E-state index in [2.05, 4.69) is 25.2 Å². The molecule has 11 heteroatoms. The molecule has 7 rings (SSSR count). The van der Waals surface area contributed by atoms with Crippen LogP contribution in [-0.2, 0) is 5.41 Å². The molecule has 2 fully saturated rings. The topological polar surface area (TPSA) is 123 Å². The van der Waals surface area contributed by atoms with Crippen molar-refractivity contribution in [1.29, 1.82) is 0 Å². The molecule has 2 aliphatic rings. The van der Waals surface area contributed by atoms with E-state index in [-0.39, 0.29) is 5.41 Å². The van der Waals surface area contributed by atoms with Crippen LogP contribution < -0.4 is 10.6 Å². The number of nitrogens with zero attached hydrogens (tertiary/aromatic N) is 6. The Morgan fingerprint density at radius 2 is 2.17 bits per heavy atom. The number of aryl methyl sites for hydroxylation is 2. The van der Waals surface area contributed by atoms with Crippen molar-refractivity contribution in [2.24, 2.45) is 17.6 Å². The van der Waals surface area contributed by atoms with Crippen LogP contribution in [0.2, 0.25) is 5.02 Å². The summed E-state index contributed by atoms with van der Waals surface area (Å²) in [6.45, 7) is 6.22. The molecular formula is C24H23ClN8OS. The first kappa shape index (κ1) is 21.2. The van der Waals surface area contributed by atoms with E-state index in [9.17, 15) is 0 Å². The molecular weight excluding hydrogens is 484 g/mol. The molecule has 178 valence electrons. The molecule has 1 aliphatic carbocycles. The van der Waals surface area contributed by atoms with E-state index in [1.165, 1.54) is 0 Å². The van der Waals surface area contributed by atoms with Gasteiger partial charge in [-0.3, -0.25) is 5.10 Å². The molecule has 0 bridgehead atoms. The first-order valence-electron chi connectivity index (χ1n) is 11.7. The summed E-state index contributed by atoms with van der Waals surface area (Å²) in [6.07, 6.45) is 2.86. The third kappa shape index (κ3) is 3.00. The molecule has 35 heavy (non-hydrogen) atoms. The Kier molecular flexibility index (Phi) is 4.52. The number of benzene rings is 1. The van der Waals surface area contributed by atoms with Crippen molar-refractivity contribution in [2.75, 3.05) is 24.5 Å². The van der Waals surface area contributed by atoms with Gasteiger partial charge in [-0.05, 0) is 44.2 Å². The van der Waals surface area contributed by atoms with Crippen LogP contribution in [-0.4, -0.2) is 49.9 Å². The second kappa shape index (κ2) is 7.46. The van der Waals surface area contributed by atoms with Gasteiger partial charge >= 0.3 is 0 Å². The highest BCUT2D eigenvalue weighted by Crippen LogP contribution is 2.62. The van der Waals surface area contributed by atoms with Gasteiger partial charge in [-0.25, -0.2) is 15.0 Å². The summed E-state index contributed by atoms with van der Waals surface area (Å²) < 4.78 is 6.33.